The van der Waals surface area contributed by atoms with Crippen molar-refractivity contribution in [3.8, 4) is 11.3 Å². The normalized spacial score (nSPS) is 12.0. The van der Waals surface area contributed by atoms with E-state index in [1.807, 2.05) is 25.2 Å². The van der Waals surface area contributed by atoms with Gasteiger partial charge in [0.05, 0.1) is 5.02 Å². The van der Waals surface area contributed by atoms with Crippen LogP contribution in [-0.4, -0.2) is 15.5 Å². The summed E-state index contributed by atoms with van der Waals surface area (Å²) in [5.74, 6) is 0.481. The zero-order chi connectivity index (χ0) is 20.4. The van der Waals surface area contributed by atoms with Gasteiger partial charge in [-0.05, 0) is 42.0 Å². The fraction of sp³-hybridized carbons (Fsp3) is 0.0909. The van der Waals surface area contributed by atoms with Crippen LogP contribution in [0.4, 0.5) is 4.39 Å². The molecule has 1 N–H and O–H groups in total. The lowest BCUT2D eigenvalue weighted by molar-refractivity contribution is 0.0914. The molecule has 0 aliphatic carbocycles. The molecular formula is C22H17ClFN3O2. The number of furan rings is 1. The number of hydrogen-bond acceptors (Lipinski definition) is 3. The van der Waals surface area contributed by atoms with Gasteiger partial charge in [0.15, 0.2) is 5.76 Å². The number of benzene rings is 2. The molecule has 1 amide bonds. The zero-order valence-electron chi connectivity index (χ0n) is 15.5. The Labute approximate surface area is 171 Å². The lowest BCUT2D eigenvalue weighted by Crippen LogP contribution is -2.30. The van der Waals surface area contributed by atoms with Crippen LogP contribution in [0.25, 0.3) is 11.3 Å². The molecule has 2 aromatic carbocycles. The number of aromatic nitrogens is 2. The minimum absolute atomic E-state index is 0.140. The summed E-state index contributed by atoms with van der Waals surface area (Å²) in [4.78, 5) is 17.2. The summed E-state index contributed by atoms with van der Waals surface area (Å²) < 4.78 is 20.9. The van der Waals surface area contributed by atoms with E-state index < -0.39 is 11.9 Å². The Balaban J connectivity index is 1.63. The molecule has 0 fully saturated rings. The topological polar surface area (TPSA) is 60.1 Å². The highest BCUT2D eigenvalue weighted by atomic mass is 35.5. The monoisotopic (exact) mass is 409 g/mol. The molecule has 0 saturated carbocycles. The summed E-state index contributed by atoms with van der Waals surface area (Å²) in [5, 5.41) is 3.45. The second kappa shape index (κ2) is 7.93. The standard InChI is InChI=1S/C22H17ClFN3O2/c1-27-13-12-25-21(27)20(14-6-8-15(24)9-7-14)26-22(28)19-11-10-18(29-19)16-4-2-3-5-17(16)23/h2-13,20H,1H3,(H,26,28)/t20-/m0/s1. The first-order valence-corrected chi connectivity index (χ1v) is 9.29. The van der Waals surface area contributed by atoms with Gasteiger partial charge in [-0.3, -0.25) is 4.79 Å². The van der Waals surface area contributed by atoms with Gasteiger partial charge >= 0.3 is 0 Å². The van der Waals surface area contributed by atoms with Gasteiger partial charge in [-0.15, -0.1) is 0 Å². The minimum atomic E-state index is -0.572. The lowest BCUT2D eigenvalue weighted by Gasteiger charge is -2.18. The van der Waals surface area contributed by atoms with Crippen molar-refractivity contribution in [2.75, 3.05) is 0 Å². The van der Waals surface area contributed by atoms with Gasteiger partial charge in [0.2, 0.25) is 0 Å². The van der Waals surface area contributed by atoms with Crippen molar-refractivity contribution in [3.05, 3.63) is 101 Å². The van der Waals surface area contributed by atoms with Crippen molar-refractivity contribution < 1.29 is 13.6 Å². The van der Waals surface area contributed by atoms with Gasteiger partial charge in [-0.2, -0.15) is 0 Å². The predicted octanol–water partition coefficient (Wildman–Crippen LogP) is 4.99. The average Bonchev–Trinajstić information content (AvgIpc) is 3.37. The SMILES string of the molecule is Cn1ccnc1[C@@H](NC(=O)c1ccc(-c2ccccc2Cl)o1)c1ccc(F)cc1. The maximum absolute atomic E-state index is 13.4. The quantitative estimate of drug-likeness (QED) is 0.505. The molecule has 4 aromatic rings. The van der Waals surface area contributed by atoms with E-state index in [2.05, 4.69) is 10.3 Å². The number of aryl methyl sites for hydroxylation is 1. The Kier molecular flexibility index (Phi) is 5.18. The summed E-state index contributed by atoms with van der Waals surface area (Å²) in [7, 11) is 1.83. The third-order valence-corrected chi connectivity index (χ3v) is 4.89. The second-order valence-corrected chi connectivity index (χ2v) is 6.91. The Morgan fingerprint density at radius 2 is 1.90 bits per heavy atom. The molecule has 2 aromatic heterocycles. The Morgan fingerprint density at radius 3 is 2.59 bits per heavy atom. The molecule has 0 aliphatic heterocycles. The molecule has 0 aliphatic rings. The molecule has 0 spiro atoms. The molecule has 5 nitrogen and oxygen atoms in total. The first kappa shape index (κ1) is 19.0. The summed E-state index contributed by atoms with van der Waals surface area (Å²) in [6.07, 6.45) is 3.42. The summed E-state index contributed by atoms with van der Waals surface area (Å²) in [6, 6.07) is 15.9. The van der Waals surface area contributed by atoms with Crippen LogP contribution >= 0.6 is 11.6 Å². The van der Waals surface area contributed by atoms with Crippen molar-refractivity contribution in [2.24, 2.45) is 7.05 Å². The smallest absolute Gasteiger partial charge is 0.287 e. The number of carbonyl (C=O) groups excluding carboxylic acids is 1. The number of nitrogens with one attached hydrogen (secondary N) is 1. The molecule has 29 heavy (non-hydrogen) atoms. The fourth-order valence-electron chi connectivity index (χ4n) is 3.08. The number of nitrogens with zero attached hydrogens (tertiary/aromatic N) is 2. The molecule has 2 heterocycles. The second-order valence-electron chi connectivity index (χ2n) is 6.50. The van der Waals surface area contributed by atoms with E-state index in [0.29, 0.717) is 27.7 Å². The highest BCUT2D eigenvalue weighted by Gasteiger charge is 2.23. The Hall–Kier alpha value is -3.38. The van der Waals surface area contributed by atoms with Gasteiger partial charge in [0, 0.05) is 25.0 Å². The Bertz CT molecular complexity index is 1150. The van der Waals surface area contributed by atoms with Gasteiger partial charge in [0.25, 0.3) is 5.91 Å². The van der Waals surface area contributed by atoms with Crippen molar-refractivity contribution in [1.82, 2.24) is 14.9 Å². The number of halogens is 2. The predicted molar refractivity (Wildman–Crippen MR) is 108 cm³/mol. The first-order valence-electron chi connectivity index (χ1n) is 8.91. The maximum Gasteiger partial charge on any atom is 0.287 e. The molecular weight excluding hydrogens is 393 g/mol. The van der Waals surface area contributed by atoms with Gasteiger partial charge in [-0.1, -0.05) is 35.9 Å². The largest absolute Gasteiger partial charge is 0.451 e. The number of hydrogen-bond donors (Lipinski definition) is 1. The van der Waals surface area contributed by atoms with E-state index in [1.54, 1.807) is 47.3 Å². The van der Waals surface area contributed by atoms with Crippen LogP contribution in [0.2, 0.25) is 5.02 Å². The van der Waals surface area contributed by atoms with E-state index in [4.69, 9.17) is 16.0 Å². The molecule has 0 bridgehead atoms. The fourth-order valence-corrected chi connectivity index (χ4v) is 3.30. The Morgan fingerprint density at radius 1 is 1.14 bits per heavy atom. The van der Waals surface area contributed by atoms with Crippen molar-refractivity contribution in [1.29, 1.82) is 0 Å². The van der Waals surface area contributed by atoms with Crippen molar-refractivity contribution >= 4 is 17.5 Å². The van der Waals surface area contributed by atoms with Gasteiger partial charge in [0.1, 0.15) is 23.4 Å². The van der Waals surface area contributed by atoms with Crippen LogP contribution in [0.1, 0.15) is 28.0 Å². The van der Waals surface area contributed by atoms with Crippen molar-refractivity contribution in [3.63, 3.8) is 0 Å². The van der Waals surface area contributed by atoms with Crippen LogP contribution in [0, 0.1) is 5.82 Å². The lowest BCUT2D eigenvalue weighted by atomic mass is 10.1. The third-order valence-electron chi connectivity index (χ3n) is 4.56. The van der Waals surface area contributed by atoms with E-state index in [1.165, 1.54) is 12.1 Å². The van der Waals surface area contributed by atoms with E-state index in [0.717, 1.165) is 0 Å². The molecule has 0 radical (unpaired) electrons. The first-order chi connectivity index (χ1) is 14.0. The average molecular weight is 410 g/mol. The molecule has 1 atom stereocenters. The van der Waals surface area contributed by atoms with Crippen LogP contribution in [0.15, 0.2) is 77.5 Å². The molecule has 0 saturated heterocycles. The van der Waals surface area contributed by atoms with Crippen molar-refractivity contribution in [2.45, 2.75) is 6.04 Å². The van der Waals surface area contributed by atoms with Crippen LogP contribution in [0.5, 0.6) is 0 Å². The summed E-state index contributed by atoms with van der Waals surface area (Å²) in [5.41, 5.74) is 1.40. The van der Waals surface area contributed by atoms with Crippen LogP contribution < -0.4 is 5.32 Å². The molecule has 0 unspecified atom stereocenters. The summed E-state index contributed by atoms with van der Waals surface area (Å²) in [6.45, 7) is 0. The molecule has 4 rings (SSSR count). The summed E-state index contributed by atoms with van der Waals surface area (Å²) >= 11 is 6.21. The zero-order valence-corrected chi connectivity index (χ0v) is 16.2. The van der Waals surface area contributed by atoms with Crippen LogP contribution in [-0.2, 0) is 7.05 Å². The minimum Gasteiger partial charge on any atom is -0.451 e. The van der Waals surface area contributed by atoms with E-state index in [9.17, 15) is 9.18 Å². The number of imidazole rings is 1. The third kappa shape index (κ3) is 3.93. The number of rotatable bonds is 5. The van der Waals surface area contributed by atoms with Gasteiger partial charge in [-0.25, -0.2) is 9.37 Å². The van der Waals surface area contributed by atoms with Gasteiger partial charge < -0.3 is 14.3 Å². The maximum atomic E-state index is 13.4. The highest BCUT2D eigenvalue weighted by Crippen LogP contribution is 2.29. The molecule has 146 valence electrons. The number of amides is 1. The van der Waals surface area contributed by atoms with E-state index >= 15 is 0 Å². The highest BCUT2D eigenvalue weighted by molar-refractivity contribution is 6.33. The van der Waals surface area contributed by atoms with Crippen LogP contribution in [0.3, 0.4) is 0 Å². The molecule has 7 heteroatoms. The number of carbonyl (C=O) groups is 1. The van der Waals surface area contributed by atoms with E-state index in [-0.39, 0.29) is 11.6 Å².